The van der Waals surface area contributed by atoms with E-state index in [0.29, 0.717) is 16.5 Å². The van der Waals surface area contributed by atoms with E-state index in [4.69, 9.17) is 0 Å². The number of aromatic amines is 1. The molecule has 0 fully saturated rings. The third-order valence-corrected chi connectivity index (χ3v) is 5.31. The van der Waals surface area contributed by atoms with Crippen molar-refractivity contribution in [1.82, 2.24) is 19.5 Å². The molecule has 4 aromatic rings. The van der Waals surface area contributed by atoms with Crippen LogP contribution in [0.25, 0.3) is 16.9 Å². The third-order valence-electron chi connectivity index (χ3n) is 3.88. The Morgan fingerprint density at radius 2 is 2.00 bits per heavy atom. The number of fused-ring (bicyclic) bond motifs is 1. The lowest BCUT2D eigenvalue weighted by Gasteiger charge is -2.08. The SMILES string of the molecule is O=C(CSc1nc2c(=O)[nH]cnc2n1-c1ccccc1)Nc1cccc(Br)c1. The molecule has 0 aliphatic carbocycles. The summed E-state index contributed by atoms with van der Waals surface area (Å²) in [5.74, 6) is -0.0303. The molecule has 2 aromatic carbocycles. The summed E-state index contributed by atoms with van der Waals surface area (Å²) in [5.41, 5.74) is 1.89. The van der Waals surface area contributed by atoms with Crippen LogP contribution in [-0.2, 0) is 4.79 Å². The first-order valence-electron chi connectivity index (χ1n) is 8.31. The van der Waals surface area contributed by atoms with Crippen molar-refractivity contribution in [3.63, 3.8) is 0 Å². The summed E-state index contributed by atoms with van der Waals surface area (Å²) >= 11 is 4.62. The van der Waals surface area contributed by atoms with Crippen molar-refractivity contribution in [2.75, 3.05) is 11.1 Å². The summed E-state index contributed by atoms with van der Waals surface area (Å²) in [6.07, 6.45) is 1.35. The lowest BCUT2D eigenvalue weighted by molar-refractivity contribution is -0.113. The van der Waals surface area contributed by atoms with Gasteiger partial charge in [0.15, 0.2) is 16.3 Å². The van der Waals surface area contributed by atoms with Crippen molar-refractivity contribution in [2.24, 2.45) is 0 Å². The maximum Gasteiger partial charge on any atom is 0.278 e. The van der Waals surface area contributed by atoms with Crippen molar-refractivity contribution < 1.29 is 4.79 Å². The van der Waals surface area contributed by atoms with Crippen LogP contribution in [0.2, 0.25) is 0 Å². The van der Waals surface area contributed by atoms with Crippen LogP contribution in [0.5, 0.6) is 0 Å². The first-order valence-corrected chi connectivity index (χ1v) is 10.1. The standard InChI is InChI=1S/C19H14BrN5O2S/c20-12-5-4-6-13(9-12)23-15(26)10-28-19-24-16-17(21-11-22-18(16)27)25(19)14-7-2-1-3-8-14/h1-9,11H,10H2,(H,23,26)(H,21,22,27). The van der Waals surface area contributed by atoms with Gasteiger partial charge in [0.2, 0.25) is 5.91 Å². The van der Waals surface area contributed by atoms with Crippen molar-refractivity contribution in [1.29, 1.82) is 0 Å². The van der Waals surface area contributed by atoms with Crippen LogP contribution < -0.4 is 10.9 Å². The molecule has 4 rings (SSSR count). The Kier molecular flexibility index (Phi) is 5.27. The molecule has 0 spiro atoms. The molecule has 28 heavy (non-hydrogen) atoms. The second-order valence-corrected chi connectivity index (χ2v) is 7.67. The Morgan fingerprint density at radius 3 is 2.79 bits per heavy atom. The number of anilines is 1. The van der Waals surface area contributed by atoms with Gasteiger partial charge in [0.05, 0.1) is 12.1 Å². The number of imidazole rings is 1. The molecule has 0 aliphatic heterocycles. The Balaban J connectivity index is 1.62. The molecule has 2 heterocycles. The number of carbonyl (C=O) groups excluding carboxylic acids is 1. The predicted octanol–water partition coefficient (Wildman–Crippen LogP) is 3.60. The van der Waals surface area contributed by atoms with E-state index in [1.807, 2.05) is 54.6 Å². The van der Waals surface area contributed by atoms with Crippen LogP contribution in [0.1, 0.15) is 0 Å². The first-order chi connectivity index (χ1) is 13.6. The number of nitrogens with one attached hydrogen (secondary N) is 2. The van der Waals surface area contributed by atoms with Gasteiger partial charge in [-0.25, -0.2) is 9.97 Å². The molecule has 9 heteroatoms. The molecular formula is C19H14BrN5O2S. The average molecular weight is 456 g/mol. The van der Waals surface area contributed by atoms with Crippen molar-refractivity contribution in [3.8, 4) is 5.69 Å². The number of rotatable bonds is 5. The average Bonchev–Trinajstić information content (AvgIpc) is 3.07. The normalized spacial score (nSPS) is 10.9. The van der Waals surface area contributed by atoms with E-state index >= 15 is 0 Å². The highest BCUT2D eigenvalue weighted by atomic mass is 79.9. The van der Waals surface area contributed by atoms with Gasteiger partial charge in [-0.05, 0) is 30.3 Å². The monoisotopic (exact) mass is 455 g/mol. The van der Waals surface area contributed by atoms with Gasteiger partial charge in [0.1, 0.15) is 0 Å². The fourth-order valence-electron chi connectivity index (χ4n) is 2.68. The van der Waals surface area contributed by atoms with Crippen molar-refractivity contribution >= 4 is 50.5 Å². The maximum atomic E-state index is 12.4. The Labute approximate surface area is 172 Å². The van der Waals surface area contributed by atoms with Gasteiger partial charge >= 0.3 is 0 Å². The third kappa shape index (κ3) is 3.85. The minimum atomic E-state index is -0.319. The van der Waals surface area contributed by atoms with E-state index in [0.717, 1.165) is 10.2 Å². The number of carbonyl (C=O) groups is 1. The van der Waals surface area contributed by atoms with Crippen LogP contribution in [0.3, 0.4) is 0 Å². The van der Waals surface area contributed by atoms with Crippen LogP contribution in [0.4, 0.5) is 5.69 Å². The molecule has 0 atom stereocenters. The molecule has 0 aliphatic rings. The van der Waals surface area contributed by atoms with E-state index in [1.165, 1.54) is 18.1 Å². The highest BCUT2D eigenvalue weighted by Crippen LogP contribution is 2.25. The minimum absolute atomic E-state index is 0.139. The second-order valence-electron chi connectivity index (χ2n) is 5.82. The summed E-state index contributed by atoms with van der Waals surface area (Å²) in [4.78, 5) is 35.7. The topological polar surface area (TPSA) is 92.7 Å². The smallest absolute Gasteiger partial charge is 0.278 e. The molecule has 2 aromatic heterocycles. The highest BCUT2D eigenvalue weighted by molar-refractivity contribution is 9.10. The fraction of sp³-hybridized carbons (Fsp3) is 0.0526. The molecule has 0 radical (unpaired) electrons. The zero-order chi connectivity index (χ0) is 19.5. The number of hydrogen-bond acceptors (Lipinski definition) is 5. The number of benzene rings is 2. The summed E-state index contributed by atoms with van der Waals surface area (Å²) in [7, 11) is 0. The number of H-pyrrole nitrogens is 1. The fourth-order valence-corrected chi connectivity index (χ4v) is 3.89. The van der Waals surface area contributed by atoms with Gasteiger partial charge < -0.3 is 10.3 Å². The summed E-state index contributed by atoms with van der Waals surface area (Å²) < 4.78 is 2.66. The van der Waals surface area contributed by atoms with Crippen LogP contribution in [0.15, 0.2) is 75.3 Å². The van der Waals surface area contributed by atoms with Gasteiger partial charge in [-0.1, -0.05) is 52.0 Å². The molecule has 140 valence electrons. The van der Waals surface area contributed by atoms with Gasteiger partial charge in [0.25, 0.3) is 5.56 Å². The van der Waals surface area contributed by atoms with Crippen molar-refractivity contribution in [2.45, 2.75) is 5.16 Å². The van der Waals surface area contributed by atoms with E-state index < -0.39 is 0 Å². The Morgan fingerprint density at radius 1 is 1.18 bits per heavy atom. The Hall–Kier alpha value is -2.91. The molecule has 7 nitrogen and oxygen atoms in total. The zero-order valence-corrected chi connectivity index (χ0v) is 16.8. The minimum Gasteiger partial charge on any atom is -0.325 e. The van der Waals surface area contributed by atoms with E-state index in [1.54, 1.807) is 4.57 Å². The second kappa shape index (κ2) is 7.99. The number of halogens is 1. The number of para-hydroxylation sites is 1. The molecule has 0 saturated heterocycles. The zero-order valence-electron chi connectivity index (χ0n) is 14.4. The van der Waals surface area contributed by atoms with E-state index in [9.17, 15) is 9.59 Å². The molecule has 0 unspecified atom stereocenters. The molecule has 0 saturated carbocycles. The van der Waals surface area contributed by atoms with Gasteiger partial charge in [-0.2, -0.15) is 0 Å². The summed E-state index contributed by atoms with van der Waals surface area (Å²) in [5, 5.41) is 3.37. The van der Waals surface area contributed by atoms with Gasteiger partial charge in [0, 0.05) is 15.8 Å². The molecule has 2 N–H and O–H groups in total. The maximum absolute atomic E-state index is 12.4. The lowest BCUT2D eigenvalue weighted by atomic mass is 10.3. The molecule has 0 bridgehead atoms. The first kappa shape index (κ1) is 18.5. The van der Waals surface area contributed by atoms with Gasteiger partial charge in [-0.3, -0.25) is 14.2 Å². The summed E-state index contributed by atoms with van der Waals surface area (Å²) in [6, 6.07) is 16.9. The quantitative estimate of drug-likeness (QED) is 0.448. The number of hydrogen-bond donors (Lipinski definition) is 2. The highest BCUT2D eigenvalue weighted by Gasteiger charge is 2.17. The van der Waals surface area contributed by atoms with Crippen molar-refractivity contribution in [3.05, 3.63) is 75.8 Å². The number of amides is 1. The number of thioether (sulfide) groups is 1. The molecule has 1 amide bonds. The van der Waals surface area contributed by atoms with E-state index in [2.05, 4.69) is 36.2 Å². The predicted molar refractivity (Wildman–Crippen MR) is 113 cm³/mol. The summed E-state index contributed by atoms with van der Waals surface area (Å²) in [6.45, 7) is 0. The molecular weight excluding hydrogens is 442 g/mol. The van der Waals surface area contributed by atoms with E-state index in [-0.39, 0.29) is 22.7 Å². The Bertz CT molecular complexity index is 1210. The largest absolute Gasteiger partial charge is 0.325 e. The number of nitrogens with zero attached hydrogens (tertiary/aromatic N) is 3. The van der Waals surface area contributed by atoms with Crippen LogP contribution in [-0.4, -0.2) is 31.2 Å². The van der Waals surface area contributed by atoms with Gasteiger partial charge in [-0.15, -0.1) is 0 Å². The van der Waals surface area contributed by atoms with Crippen LogP contribution >= 0.6 is 27.7 Å². The lowest BCUT2D eigenvalue weighted by Crippen LogP contribution is -2.14. The van der Waals surface area contributed by atoms with Crippen LogP contribution in [0, 0.1) is 0 Å². The number of aromatic nitrogens is 4.